The van der Waals surface area contributed by atoms with Crippen LogP contribution in [0.3, 0.4) is 0 Å². The molecule has 0 aliphatic heterocycles. The normalized spacial score (nSPS) is 14.1. The minimum absolute atomic E-state index is 0.344. The van der Waals surface area contributed by atoms with Gasteiger partial charge in [-0.1, -0.05) is 32.6 Å². The lowest BCUT2D eigenvalue weighted by Gasteiger charge is -2.25. The van der Waals surface area contributed by atoms with Gasteiger partial charge in [-0.25, -0.2) is 0 Å². The fourth-order valence-corrected chi connectivity index (χ4v) is 3.15. The van der Waals surface area contributed by atoms with Crippen LogP contribution in [0.5, 0.6) is 0 Å². The summed E-state index contributed by atoms with van der Waals surface area (Å²) < 4.78 is 6.11. The second-order valence-corrected chi connectivity index (χ2v) is 10.0. The van der Waals surface area contributed by atoms with E-state index in [0.717, 1.165) is 12.8 Å². The van der Waals surface area contributed by atoms with Gasteiger partial charge in [0.1, 0.15) is 0 Å². The quantitative estimate of drug-likeness (QED) is 0.467. The molecule has 1 N–H and O–H groups in total. The summed E-state index contributed by atoms with van der Waals surface area (Å²) in [5.41, 5.74) is 0. The average Bonchev–Trinajstić information content (AvgIpc) is 2.19. The van der Waals surface area contributed by atoms with Crippen LogP contribution in [0.15, 0.2) is 0 Å². The molecule has 1 unspecified atom stereocenters. The van der Waals surface area contributed by atoms with Gasteiger partial charge in [0, 0.05) is 12.7 Å². The summed E-state index contributed by atoms with van der Waals surface area (Å²) in [4.78, 5) is 0. The summed E-state index contributed by atoms with van der Waals surface area (Å²) in [6.45, 7) is 9.34. The Morgan fingerprint density at radius 2 is 1.56 bits per heavy atom. The molecule has 0 spiro atoms. The van der Waals surface area contributed by atoms with Crippen LogP contribution in [-0.2, 0) is 4.43 Å². The van der Waals surface area contributed by atoms with Gasteiger partial charge in [0.2, 0.25) is 0 Å². The zero-order valence-corrected chi connectivity index (χ0v) is 12.6. The molecule has 0 saturated heterocycles. The highest BCUT2D eigenvalue weighted by atomic mass is 28.4. The van der Waals surface area contributed by atoms with E-state index in [1.165, 1.54) is 32.1 Å². The number of unbranched alkanes of at least 4 members (excludes halogenated alkanes) is 4. The van der Waals surface area contributed by atoms with Gasteiger partial charge in [0.25, 0.3) is 0 Å². The molecule has 0 bridgehead atoms. The standard InChI is InChI=1S/C13H30O2Si/c1-5-13(15-16(2,3)4)11-9-7-6-8-10-12-14/h13-14H,5-12H2,1-4H3. The number of aliphatic hydroxyl groups is 1. The van der Waals surface area contributed by atoms with Crippen molar-refractivity contribution >= 4 is 8.32 Å². The maximum absolute atomic E-state index is 8.66. The van der Waals surface area contributed by atoms with Crippen LogP contribution in [0.2, 0.25) is 19.6 Å². The molecule has 0 fully saturated rings. The van der Waals surface area contributed by atoms with Crippen LogP contribution in [0.4, 0.5) is 0 Å². The van der Waals surface area contributed by atoms with Gasteiger partial charge < -0.3 is 9.53 Å². The minimum Gasteiger partial charge on any atom is -0.415 e. The minimum atomic E-state index is -1.36. The van der Waals surface area contributed by atoms with E-state index in [1.807, 2.05) is 0 Å². The van der Waals surface area contributed by atoms with Crippen LogP contribution in [0, 0.1) is 0 Å². The first-order chi connectivity index (χ1) is 7.49. The van der Waals surface area contributed by atoms with Crippen molar-refractivity contribution in [1.82, 2.24) is 0 Å². The lowest BCUT2D eigenvalue weighted by molar-refractivity contribution is 0.175. The Morgan fingerprint density at radius 1 is 1.00 bits per heavy atom. The Hall–Kier alpha value is 0.137. The maximum atomic E-state index is 8.66. The van der Waals surface area contributed by atoms with Crippen molar-refractivity contribution in [1.29, 1.82) is 0 Å². The lowest BCUT2D eigenvalue weighted by atomic mass is 10.1. The van der Waals surface area contributed by atoms with Gasteiger partial charge in [0.05, 0.1) is 0 Å². The first-order valence-corrected chi connectivity index (χ1v) is 10.2. The molecule has 0 aliphatic rings. The summed E-state index contributed by atoms with van der Waals surface area (Å²) in [7, 11) is -1.36. The van der Waals surface area contributed by atoms with E-state index in [0.29, 0.717) is 12.7 Å². The molecule has 0 saturated carbocycles. The van der Waals surface area contributed by atoms with E-state index in [1.54, 1.807) is 0 Å². The van der Waals surface area contributed by atoms with E-state index < -0.39 is 8.32 Å². The second-order valence-electron chi connectivity index (χ2n) is 5.54. The number of hydrogen-bond acceptors (Lipinski definition) is 2. The SMILES string of the molecule is CCC(CCCCCCCO)O[Si](C)(C)C. The molecule has 0 heterocycles. The lowest BCUT2D eigenvalue weighted by Crippen LogP contribution is -2.31. The molecule has 98 valence electrons. The Bertz CT molecular complexity index is 155. The third-order valence-electron chi connectivity index (χ3n) is 2.66. The van der Waals surface area contributed by atoms with E-state index in [2.05, 4.69) is 26.6 Å². The fraction of sp³-hybridized carbons (Fsp3) is 1.00. The molecule has 2 nitrogen and oxygen atoms in total. The Labute approximate surface area is 103 Å². The van der Waals surface area contributed by atoms with Crippen molar-refractivity contribution in [2.24, 2.45) is 0 Å². The summed E-state index contributed by atoms with van der Waals surface area (Å²) in [6.07, 6.45) is 8.76. The Balaban J connectivity index is 3.48. The van der Waals surface area contributed by atoms with Gasteiger partial charge in [-0.2, -0.15) is 0 Å². The van der Waals surface area contributed by atoms with Gasteiger partial charge in [-0.15, -0.1) is 0 Å². The number of aliphatic hydroxyl groups excluding tert-OH is 1. The molecule has 0 aromatic carbocycles. The molecule has 0 aromatic rings. The van der Waals surface area contributed by atoms with Gasteiger partial charge in [0.15, 0.2) is 8.32 Å². The predicted molar refractivity (Wildman–Crippen MR) is 73.3 cm³/mol. The van der Waals surface area contributed by atoms with Crippen molar-refractivity contribution in [3.8, 4) is 0 Å². The summed E-state index contributed by atoms with van der Waals surface area (Å²) in [5, 5.41) is 8.66. The first-order valence-electron chi connectivity index (χ1n) is 6.78. The van der Waals surface area contributed by atoms with Gasteiger partial charge in [-0.3, -0.25) is 0 Å². The van der Waals surface area contributed by atoms with Gasteiger partial charge >= 0.3 is 0 Å². The van der Waals surface area contributed by atoms with Crippen LogP contribution >= 0.6 is 0 Å². The zero-order valence-electron chi connectivity index (χ0n) is 11.6. The fourth-order valence-electron chi connectivity index (χ4n) is 1.86. The average molecular weight is 246 g/mol. The predicted octanol–water partition coefficient (Wildman–Crippen LogP) is 3.95. The highest BCUT2D eigenvalue weighted by Crippen LogP contribution is 2.16. The largest absolute Gasteiger partial charge is 0.415 e. The third-order valence-corrected chi connectivity index (χ3v) is 3.70. The highest BCUT2D eigenvalue weighted by Gasteiger charge is 2.19. The highest BCUT2D eigenvalue weighted by molar-refractivity contribution is 6.69. The van der Waals surface area contributed by atoms with Crippen LogP contribution in [-0.4, -0.2) is 26.1 Å². The molecule has 1 atom stereocenters. The van der Waals surface area contributed by atoms with Crippen LogP contribution in [0.1, 0.15) is 51.9 Å². The zero-order chi connectivity index (χ0) is 12.4. The summed E-state index contributed by atoms with van der Waals surface area (Å²) in [5.74, 6) is 0. The van der Waals surface area contributed by atoms with Crippen LogP contribution in [0.25, 0.3) is 0 Å². The molecule has 0 radical (unpaired) electrons. The van der Waals surface area contributed by atoms with E-state index in [4.69, 9.17) is 9.53 Å². The molecule has 0 aliphatic carbocycles. The number of rotatable bonds is 10. The Morgan fingerprint density at radius 3 is 2.06 bits per heavy atom. The smallest absolute Gasteiger partial charge is 0.184 e. The van der Waals surface area contributed by atoms with E-state index in [-0.39, 0.29) is 0 Å². The molecular weight excluding hydrogens is 216 g/mol. The molecule has 16 heavy (non-hydrogen) atoms. The second kappa shape index (κ2) is 9.20. The van der Waals surface area contributed by atoms with Crippen molar-refractivity contribution < 1.29 is 9.53 Å². The number of hydrogen-bond donors (Lipinski definition) is 1. The first kappa shape index (κ1) is 16.1. The monoisotopic (exact) mass is 246 g/mol. The van der Waals surface area contributed by atoms with Crippen molar-refractivity contribution in [2.75, 3.05) is 6.61 Å². The molecule has 0 rings (SSSR count). The summed E-state index contributed by atoms with van der Waals surface area (Å²) in [6, 6.07) is 0. The molecule has 3 heteroatoms. The van der Waals surface area contributed by atoms with Gasteiger partial charge in [-0.05, 0) is 38.9 Å². The van der Waals surface area contributed by atoms with Crippen molar-refractivity contribution in [3.63, 3.8) is 0 Å². The van der Waals surface area contributed by atoms with E-state index >= 15 is 0 Å². The molecule has 0 amide bonds. The third kappa shape index (κ3) is 10.6. The molecular formula is C13H30O2Si. The molecule has 0 aromatic heterocycles. The van der Waals surface area contributed by atoms with Crippen molar-refractivity contribution in [3.05, 3.63) is 0 Å². The topological polar surface area (TPSA) is 29.5 Å². The van der Waals surface area contributed by atoms with Crippen molar-refractivity contribution in [2.45, 2.75) is 77.6 Å². The van der Waals surface area contributed by atoms with E-state index in [9.17, 15) is 0 Å². The van der Waals surface area contributed by atoms with Crippen LogP contribution < -0.4 is 0 Å². The summed E-state index contributed by atoms with van der Waals surface area (Å²) >= 11 is 0. The maximum Gasteiger partial charge on any atom is 0.184 e. The Kier molecular flexibility index (Phi) is 9.28.